The molecule has 4 rings (SSSR count). The molecule has 2 aromatic rings. The number of carbonyl (C=O) groups excluding carboxylic acids is 2. The fourth-order valence-corrected chi connectivity index (χ4v) is 2.56. The Bertz CT molecular complexity index is 901. The molecule has 2 aromatic heterocycles. The summed E-state index contributed by atoms with van der Waals surface area (Å²) in [4.78, 5) is 30.5. The first-order valence-corrected chi connectivity index (χ1v) is 9.39. The number of nitrogens with one attached hydrogen (secondary N) is 2. The number of pyridine rings is 2. The maximum absolute atomic E-state index is 11.2. The van der Waals surface area contributed by atoms with Gasteiger partial charge < -0.3 is 9.47 Å². The Hall–Kier alpha value is -3.03. The summed E-state index contributed by atoms with van der Waals surface area (Å²) in [6.45, 7) is 7.92. The summed E-state index contributed by atoms with van der Waals surface area (Å²) in [7, 11) is 2.50. The van der Waals surface area contributed by atoms with E-state index in [-0.39, 0.29) is 36.1 Å². The predicted octanol–water partition coefficient (Wildman–Crippen LogP) is 3.71. The number of ether oxygens (including phenoxy) is 2. The number of carbonyl (C=O) groups is 2. The Kier molecular flexibility index (Phi) is 9.57. The number of esters is 2. The fraction of sp³-hybridized carbons (Fsp3) is 0.400. The van der Waals surface area contributed by atoms with Crippen molar-refractivity contribution in [3.63, 3.8) is 0 Å². The first kappa shape index (κ1) is 21.7. The Morgan fingerprint density at radius 2 is 1.23 bits per heavy atom. The van der Waals surface area contributed by atoms with Crippen LogP contribution in [0.2, 0.25) is 13.6 Å². The molecule has 0 bridgehead atoms. The molecule has 0 aromatic carbocycles. The van der Waals surface area contributed by atoms with Crippen molar-refractivity contribution >= 4 is 26.1 Å². The van der Waals surface area contributed by atoms with Gasteiger partial charge in [-0.05, 0) is 24.3 Å². The second-order valence-corrected chi connectivity index (χ2v) is 6.32. The smallest absolute Gasteiger partial charge is 0.340 e. The largest absolute Gasteiger partial charge is 0.461 e. The number of aromatic nitrogens is 2. The normalized spacial score (nSPS) is 18.7. The third kappa shape index (κ3) is 7.09. The average molecular weight is 410 g/mol. The minimum absolute atomic E-state index is 0.0954. The van der Waals surface area contributed by atoms with Crippen LogP contribution in [0.4, 0.5) is 0 Å². The van der Waals surface area contributed by atoms with E-state index in [0.717, 1.165) is 0 Å². The van der Waals surface area contributed by atoms with Crippen LogP contribution in [0.5, 0.6) is 0 Å². The number of rotatable bonds is 0. The van der Waals surface area contributed by atoms with E-state index in [9.17, 15) is 9.59 Å². The van der Waals surface area contributed by atoms with Crippen LogP contribution in [0.15, 0.2) is 36.6 Å². The van der Waals surface area contributed by atoms with Crippen molar-refractivity contribution in [2.45, 2.75) is 39.3 Å². The number of hydrogen-bond acceptors (Lipinski definition) is 8. The predicted molar refractivity (Wildman–Crippen MR) is 115 cm³/mol. The van der Waals surface area contributed by atoms with E-state index in [2.05, 4.69) is 9.97 Å². The molecule has 0 aliphatic carbocycles. The molecule has 10 heteroatoms. The summed E-state index contributed by atoms with van der Waals surface area (Å²) < 4.78 is 24.5. The maximum atomic E-state index is 11.2. The minimum atomic E-state index is -0.333. The van der Waals surface area contributed by atoms with Crippen LogP contribution in [0.3, 0.4) is 0 Å². The zero-order valence-electron chi connectivity index (χ0n) is 19.6. The third-order valence-electron chi connectivity index (χ3n) is 3.87. The van der Waals surface area contributed by atoms with Gasteiger partial charge in [-0.15, -0.1) is 0 Å². The van der Waals surface area contributed by atoms with Crippen LogP contribution in [0, 0.1) is 10.6 Å². The van der Waals surface area contributed by atoms with Crippen molar-refractivity contribution < 1.29 is 21.8 Å². The number of cyclic esters (lactones) is 2. The van der Waals surface area contributed by atoms with E-state index in [4.69, 9.17) is 22.8 Å². The summed E-state index contributed by atoms with van der Waals surface area (Å²) in [5.41, 5.74) is 2.36. The second kappa shape index (κ2) is 13.2. The van der Waals surface area contributed by atoms with Crippen LogP contribution < -0.4 is 0 Å². The molecule has 2 N–H and O–H groups in total. The molecule has 0 saturated carbocycles. The van der Waals surface area contributed by atoms with Crippen molar-refractivity contribution in [2.75, 3.05) is 13.2 Å². The van der Waals surface area contributed by atoms with Crippen LogP contribution in [-0.2, 0) is 9.47 Å². The zero-order chi connectivity index (χ0) is 24.3. The van der Waals surface area contributed by atoms with Gasteiger partial charge in [0.1, 0.15) is 0 Å². The van der Waals surface area contributed by atoms with Gasteiger partial charge in [-0.3, -0.25) is 9.97 Å². The van der Waals surface area contributed by atoms with Crippen LogP contribution in [0.25, 0.3) is 0 Å². The molecule has 0 amide bonds. The molecule has 30 heavy (non-hydrogen) atoms. The first-order valence-electron chi connectivity index (χ1n) is 10.4. The molecule has 0 spiro atoms. The number of nitrogens with zero attached hydrogens (tertiary/aromatic N) is 2. The summed E-state index contributed by atoms with van der Waals surface area (Å²) in [6.07, 6.45) is 0.389. The standard InChI is InChI=1S/2C9H9NO2.2CH4BN/c2*1-6-5-12-9(11)7-3-2-4-10-8(6)7;2*1-2-3/h2*2-4,6H,5H2,1H3;2*3H,1H3/t2*6-;;/m10../s1/i2*4D;;. The number of hydrogen-bond donors (Lipinski definition) is 2. The van der Waals surface area contributed by atoms with Gasteiger partial charge in [-0.25, -0.2) is 9.59 Å². The second-order valence-electron chi connectivity index (χ2n) is 6.32. The molecule has 0 radical (unpaired) electrons. The van der Waals surface area contributed by atoms with Gasteiger partial charge in [0.05, 0.1) is 38.5 Å². The summed E-state index contributed by atoms with van der Waals surface area (Å²) in [5.74, 6) is -0.475. The molecule has 2 atom stereocenters. The van der Waals surface area contributed by atoms with E-state index in [1.54, 1.807) is 25.8 Å². The van der Waals surface area contributed by atoms with E-state index in [0.29, 0.717) is 35.7 Å². The van der Waals surface area contributed by atoms with E-state index >= 15 is 0 Å². The molecule has 0 unspecified atom stereocenters. The van der Waals surface area contributed by atoms with Gasteiger partial charge in [0.2, 0.25) is 0 Å². The van der Waals surface area contributed by atoms with Gasteiger partial charge in [0, 0.05) is 24.2 Å². The topological polar surface area (TPSA) is 126 Å². The van der Waals surface area contributed by atoms with Crippen LogP contribution in [0.1, 0.15) is 60.5 Å². The van der Waals surface area contributed by atoms with Crippen molar-refractivity contribution in [1.82, 2.24) is 9.97 Å². The van der Waals surface area contributed by atoms with Gasteiger partial charge in [-0.2, -0.15) is 0 Å². The Morgan fingerprint density at radius 3 is 1.57 bits per heavy atom. The van der Waals surface area contributed by atoms with Gasteiger partial charge >= 0.3 is 50.4 Å². The fourth-order valence-electron chi connectivity index (χ4n) is 2.56. The van der Waals surface area contributed by atoms with Crippen molar-refractivity contribution in [3.8, 4) is 0 Å². The monoisotopic (exact) mass is 410 g/mol. The molecular weight excluding hydrogens is 382 g/mol. The molecule has 8 nitrogen and oxygen atoms in total. The first-order chi connectivity index (χ1) is 15.2. The van der Waals surface area contributed by atoms with E-state index in [1.807, 2.05) is 13.8 Å². The van der Waals surface area contributed by atoms with Crippen molar-refractivity contribution in [3.05, 3.63) is 59.1 Å². The van der Waals surface area contributed by atoms with E-state index < -0.39 is 0 Å². The Balaban J connectivity index is 0.000000258. The number of fused-ring (bicyclic) bond motifs is 2. The maximum Gasteiger partial charge on any atom is 0.340 e. The Morgan fingerprint density at radius 1 is 0.900 bits per heavy atom. The van der Waals surface area contributed by atoms with Gasteiger partial charge in [0.25, 0.3) is 0 Å². The molecule has 0 fully saturated rings. The molecular formula is C20H26B2N4O4. The minimum Gasteiger partial charge on any atom is -0.461 e. The van der Waals surface area contributed by atoms with Crippen molar-refractivity contribution in [2.24, 2.45) is 0 Å². The zero-order valence-corrected chi connectivity index (χ0v) is 17.6. The summed E-state index contributed by atoms with van der Waals surface area (Å²) in [5, 5.41) is 12.2. The van der Waals surface area contributed by atoms with Crippen LogP contribution in [-0.4, -0.2) is 49.3 Å². The Labute approximate surface area is 180 Å². The molecule has 156 valence electrons. The van der Waals surface area contributed by atoms with Crippen molar-refractivity contribution in [1.29, 1.82) is 10.6 Å². The molecule has 2 aliphatic rings. The molecule has 4 heterocycles. The molecule has 0 saturated heterocycles. The third-order valence-corrected chi connectivity index (χ3v) is 3.87. The van der Waals surface area contributed by atoms with E-state index in [1.165, 1.54) is 26.3 Å². The van der Waals surface area contributed by atoms with Gasteiger partial charge in [0.15, 0.2) is 0 Å². The molecule has 2 aliphatic heterocycles. The summed E-state index contributed by atoms with van der Waals surface area (Å²) >= 11 is 0. The SMILES string of the molecule is CB=N.CB=N.[2H]c1ccc2c(n1)[C@@H](C)COC2=O.[2H]c1ccc2c(n1)[C@H](C)COC2=O. The van der Waals surface area contributed by atoms with Gasteiger partial charge in [-0.1, -0.05) is 13.8 Å². The quantitative estimate of drug-likeness (QED) is 0.504. The van der Waals surface area contributed by atoms with Crippen LogP contribution >= 0.6 is 0 Å². The summed E-state index contributed by atoms with van der Waals surface area (Å²) in [6, 6.07) is 6.20. The average Bonchev–Trinajstić information content (AvgIpc) is 2.75.